The molecular weight excluding hydrogens is 872 g/mol. The highest BCUT2D eigenvalue weighted by atomic mass is 31.2. The lowest BCUT2D eigenvalue weighted by Crippen LogP contribution is -2.37. The van der Waals surface area contributed by atoms with Gasteiger partial charge in [0.2, 0.25) is 0 Å². The largest absolute Gasteiger partial charge is 0.336 e. The molecule has 3 nitrogen and oxygen atoms in total. The van der Waals surface area contributed by atoms with Gasteiger partial charge >= 0.3 is 8.60 Å². The molecule has 0 bridgehead atoms. The van der Waals surface area contributed by atoms with Crippen LogP contribution in [0.5, 0.6) is 0 Å². The molecule has 0 saturated carbocycles. The Balaban J connectivity index is 1.56. The Morgan fingerprint density at radius 2 is 0.414 bits per heavy atom. The fourth-order valence-corrected chi connectivity index (χ4v) is 12.3. The van der Waals surface area contributed by atoms with Gasteiger partial charge in [0.15, 0.2) is 0 Å². The zero-order valence-electron chi connectivity index (χ0n) is 43.5. The van der Waals surface area contributed by atoms with Gasteiger partial charge in [-0.2, -0.15) is 0 Å². The van der Waals surface area contributed by atoms with Crippen molar-refractivity contribution in [1.82, 2.24) is 0 Å². The van der Waals surface area contributed by atoms with Gasteiger partial charge < -0.3 is 0 Å². The zero-order chi connectivity index (χ0) is 48.8. The normalized spacial score (nSPS) is 12.2. The highest BCUT2D eigenvalue weighted by Crippen LogP contribution is 2.62. The van der Waals surface area contributed by atoms with E-state index in [4.69, 9.17) is 13.6 Å². The topological polar surface area (TPSA) is 27.7 Å². The van der Waals surface area contributed by atoms with Gasteiger partial charge in [-0.15, -0.1) is 0 Å². The third kappa shape index (κ3) is 16.1. The molecule has 0 aliphatic heterocycles. The lowest BCUT2D eigenvalue weighted by Gasteiger charge is -2.45. The van der Waals surface area contributed by atoms with E-state index in [1.165, 1.54) is 96.3 Å². The van der Waals surface area contributed by atoms with Crippen LogP contribution in [0.2, 0.25) is 0 Å². The van der Waals surface area contributed by atoms with Crippen LogP contribution in [-0.4, -0.2) is 0 Å². The van der Waals surface area contributed by atoms with Gasteiger partial charge in [0.25, 0.3) is 0 Å². The Bertz CT molecular complexity index is 1830. The minimum absolute atomic E-state index is 0.795. The average molecular weight is 959 g/mol. The Labute approximate surface area is 427 Å². The van der Waals surface area contributed by atoms with Crippen molar-refractivity contribution in [2.75, 3.05) is 0 Å². The lowest BCUT2D eigenvalue weighted by atomic mass is 9.82. The summed E-state index contributed by atoms with van der Waals surface area (Å²) < 4.78 is 24.6. The maximum Gasteiger partial charge on any atom is 0.336 e. The van der Waals surface area contributed by atoms with Crippen LogP contribution in [0.15, 0.2) is 182 Å². The monoisotopic (exact) mass is 959 g/mol. The number of unbranched alkanes of at least 4 members (excludes halogenated alkanes) is 18. The van der Waals surface area contributed by atoms with Crippen molar-refractivity contribution in [1.29, 1.82) is 0 Å². The smallest absolute Gasteiger partial charge is 0.296 e. The van der Waals surface area contributed by atoms with E-state index in [-0.39, 0.29) is 0 Å². The van der Waals surface area contributed by atoms with E-state index in [1.54, 1.807) is 0 Å². The van der Waals surface area contributed by atoms with Crippen molar-refractivity contribution in [3.05, 3.63) is 215 Å². The molecular formula is C66H87O3P. The SMILES string of the molecule is CCCCCCCCCC(OP(OC(CCCCCCCCC)(c1ccccc1)c1ccccc1)OC(CCCCCCCCC)(c1ccccc1)c1ccccc1)(c1ccccc1)c1ccccc1. The van der Waals surface area contributed by atoms with Crippen LogP contribution in [0, 0.1) is 0 Å². The molecule has 70 heavy (non-hydrogen) atoms. The van der Waals surface area contributed by atoms with Gasteiger partial charge in [0.1, 0.15) is 16.8 Å². The van der Waals surface area contributed by atoms with E-state index in [0.29, 0.717) is 0 Å². The maximum atomic E-state index is 8.22. The first-order valence-electron chi connectivity index (χ1n) is 27.8. The van der Waals surface area contributed by atoms with Crippen LogP contribution >= 0.6 is 8.60 Å². The summed E-state index contributed by atoms with van der Waals surface area (Å²) in [6.45, 7) is 6.89. The van der Waals surface area contributed by atoms with E-state index in [9.17, 15) is 0 Å². The molecule has 0 aliphatic carbocycles. The summed E-state index contributed by atoms with van der Waals surface area (Å²) in [5, 5.41) is 0. The van der Waals surface area contributed by atoms with Crippen molar-refractivity contribution >= 4 is 8.60 Å². The van der Waals surface area contributed by atoms with E-state index in [0.717, 1.165) is 91.2 Å². The van der Waals surface area contributed by atoms with Crippen molar-refractivity contribution in [3.8, 4) is 0 Å². The minimum atomic E-state index is -2.16. The first-order valence-corrected chi connectivity index (χ1v) is 28.9. The second-order valence-corrected chi connectivity index (χ2v) is 20.8. The highest BCUT2D eigenvalue weighted by Gasteiger charge is 2.48. The molecule has 0 N–H and O–H groups in total. The number of hydrogen-bond acceptors (Lipinski definition) is 3. The van der Waals surface area contributed by atoms with Gasteiger partial charge in [-0.3, -0.25) is 13.6 Å². The molecule has 374 valence electrons. The van der Waals surface area contributed by atoms with Gasteiger partial charge in [-0.05, 0) is 71.9 Å². The number of hydrogen-bond donors (Lipinski definition) is 0. The van der Waals surface area contributed by atoms with Gasteiger partial charge in [0, 0.05) is 0 Å². The second-order valence-electron chi connectivity index (χ2n) is 19.8. The fraction of sp³-hybridized carbons (Fsp3) is 0.455. The Morgan fingerprint density at radius 3 is 0.600 bits per heavy atom. The summed E-state index contributed by atoms with van der Waals surface area (Å²) in [5.74, 6) is 0. The van der Waals surface area contributed by atoms with Crippen molar-refractivity contribution in [2.45, 2.75) is 192 Å². The molecule has 0 spiro atoms. The molecule has 6 aromatic rings. The van der Waals surface area contributed by atoms with E-state index in [2.05, 4.69) is 203 Å². The van der Waals surface area contributed by atoms with Crippen LogP contribution < -0.4 is 0 Å². The molecule has 0 aromatic heterocycles. The predicted octanol–water partition coefficient (Wildman–Crippen LogP) is 20.5. The third-order valence-corrected chi connectivity index (χ3v) is 15.9. The van der Waals surface area contributed by atoms with Gasteiger partial charge in [0.05, 0.1) is 0 Å². The molecule has 4 heteroatoms. The Hall–Kier alpha value is -4.37. The van der Waals surface area contributed by atoms with Crippen molar-refractivity contribution in [2.24, 2.45) is 0 Å². The molecule has 0 amide bonds. The van der Waals surface area contributed by atoms with Crippen LogP contribution in [0.1, 0.15) is 208 Å². The Morgan fingerprint density at radius 1 is 0.243 bits per heavy atom. The lowest BCUT2D eigenvalue weighted by molar-refractivity contribution is -0.0253. The van der Waals surface area contributed by atoms with Crippen LogP contribution in [0.3, 0.4) is 0 Å². The molecule has 0 fully saturated rings. The quantitative estimate of drug-likeness (QED) is 0.0290. The maximum absolute atomic E-state index is 8.22. The predicted molar refractivity (Wildman–Crippen MR) is 299 cm³/mol. The Kier molecular flexibility index (Phi) is 24.5. The first-order chi connectivity index (χ1) is 34.6. The first kappa shape index (κ1) is 55.0. The molecule has 0 unspecified atom stereocenters. The highest BCUT2D eigenvalue weighted by molar-refractivity contribution is 7.41. The van der Waals surface area contributed by atoms with E-state index < -0.39 is 25.4 Å². The third-order valence-electron chi connectivity index (χ3n) is 14.5. The minimum Gasteiger partial charge on any atom is -0.296 e. The van der Waals surface area contributed by atoms with E-state index >= 15 is 0 Å². The van der Waals surface area contributed by atoms with Crippen LogP contribution in [0.4, 0.5) is 0 Å². The second kappa shape index (κ2) is 31.2. The number of benzene rings is 6. The fourth-order valence-electron chi connectivity index (χ4n) is 10.5. The molecule has 0 atom stereocenters. The summed E-state index contributed by atoms with van der Waals surface area (Å²) in [6, 6.07) is 66.0. The molecule has 0 radical (unpaired) electrons. The zero-order valence-corrected chi connectivity index (χ0v) is 44.4. The average Bonchev–Trinajstić information content (AvgIpc) is 3.42. The molecule has 0 aliphatic rings. The van der Waals surface area contributed by atoms with E-state index in [1.807, 2.05) is 0 Å². The standard InChI is InChI=1S/C66H87O3P/c1-4-7-10-13-16-19-40-55-64(58-43-28-22-29-44-58,59-45-30-23-31-46-59)67-70(68-65(60-47-32-24-33-48-60,61-49-34-25-35-50-61)56-41-20-17-14-11-8-5-2)69-66(62-51-36-26-37-52-62,63-53-38-27-39-54-63)57-42-21-18-15-12-9-6-3/h22-39,43-54H,4-21,40-42,55-57H2,1-3H3. The summed E-state index contributed by atoms with van der Waals surface area (Å²) in [5.41, 5.74) is 4.16. The summed E-state index contributed by atoms with van der Waals surface area (Å²) >= 11 is 0. The molecule has 6 rings (SSSR count). The number of rotatable bonds is 36. The molecule has 6 aromatic carbocycles. The summed E-state index contributed by atoms with van der Waals surface area (Å²) in [6.07, 6.45) is 27.8. The van der Waals surface area contributed by atoms with Crippen LogP contribution in [-0.2, 0) is 30.4 Å². The van der Waals surface area contributed by atoms with Crippen molar-refractivity contribution < 1.29 is 13.6 Å². The molecule has 0 saturated heterocycles. The van der Waals surface area contributed by atoms with Gasteiger partial charge in [-0.25, -0.2) is 0 Å². The summed E-state index contributed by atoms with van der Waals surface area (Å²) in [4.78, 5) is 0. The van der Waals surface area contributed by atoms with Gasteiger partial charge in [-0.1, -0.05) is 318 Å². The summed E-state index contributed by atoms with van der Waals surface area (Å²) in [7, 11) is -2.16. The van der Waals surface area contributed by atoms with Crippen LogP contribution in [0.25, 0.3) is 0 Å². The molecule has 0 heterocycles. The van der Waals surface area contributed by atoms with Crippen molar-refractivity contribution in [3.63, 3.8) is 0 Å².